The maximum Gasteiger partial charge on any atom is 0.135 e. The van der Waals surface area contributed by atoms with Crippen LogP contribution in [0.15, 0.2) is 30.6 Å². The van der Waals surface area contributed by atoms with Gasteiger partial charge in [-0.25, -0.2) is 9.97 Å². The molecular weight excluding hydrogens is 370 g/mol. The minimum absolute atomic E-state index is 0.589. The van der Waals surface area contributed by atoms with Crippen molar-refractivity contribution in [1.82, 2.24) is 19.8 Å². The standard InChI is InChI=1S/C25H35N5/c1-19(2)21-8-6-20(7-9-21)16-28-11-10-23-24(17-28)26-18-27-25(23)30-14-12-29(13-15-30)22-4-3-5-22/h6-9,18-19,22H,3-5,10-17H2,1-2H3. The van der Waals surface area contributed by atoms with Crippen molar-refractivity contribution in [2.45, 2.75) is 64.6 Å². The molecule has 1 aromatic carbocycles. The molecule has 2 aromatic rings. The van der Waals surface area contributed by atoms with Gasteiger partial charge in [0, 0.05) is 57.4 Å². The van der Waals surface area contributed by atoms with Crippen molar-refractivity contribution >= 4 is 5.82 Å². The molecular formula is C25H35N5. The Balaban J connectivity index is 1.23. The Bertz CT molecular complexity index is 850. The van der Waals surface area contributed by atoms with E-state index in [1.54, 1.807) is 6.33 Å². The van der Waals surface area contributed by atoms with Gasteiger partial charge in [-0.1, -0.05) is 44.5 Å². The summed E-state index contributed by atoms with van der Waals surface area (Å²) < 4.78 is 0. The number of aromatic nitrogens is 2. The third-order valence-electron chi connectivity index (χ3n) is 7.32. The molecule has 0 radical (unpaired) electrons. The lowest BCUT2D eigenvalue weighted by Gasteiger charge is -2.43. The molecule has 3 aliphatic rings. The van der Waals surface area contributed by atoms with Crippen LogP contribution in [0.1, 0.15) is 61.4 Å². The predicted octanol–water partition coefficient (Wildman–Crippen LogP) is 3.83. The third kappa shape index (κ3) is 4.10. The molecule has 0 atom stereocenters. The van der Waals surface area contributed by atoms with E-state index in [1.807, 2.05) is 0 Å². The van der Waals surface area contributed by atoms with Gasteiger partial charge in [-0.15, -0.1) is 0 Å². The van der Waals surface area contributed by atoms with E-state index in [-0.39, 0.29) is 0 Å². The van der Waals surface area contributed by atoms with Gasteiger partial charge >= 0.3 is 0 Å². The number of benzene rings is 1. The molecule has 160 valence electrons. The lowest BCUT2D eigenvalue weighted by molar-refractivity contribution is 0.120. The van der Waals surface area contributed by atoms with Crippen LogP contribution in [0.3, 0.4) is 0 Å². The van der Waals surface area contributed by atoms with Crippen LogP contribution in [0, 0.1) is 0 Å². The molecule has 0 bridgehead atoms. The van der Waals surface area contributed by atoms with Gasteiger partial charge in [0.15, 0.2) is 0 Å². The fraction of sp³-hybridized carbons (Fsp3) is 0.600. The van der Waals surface area contributed by atoms with Crippen LogP contribution in [0.2, 0.25) is 0 Å². The monoisotopic (exact) mass is 405 g/mol. The van der Waals surface area contributed by atoms with Gasteiger partial charge < -0.3 is 4.90 Å². The van der Waals surface area contributed by atoms with Crippen LogP contribution in [0.4, 0.5) is 5.82 Å². The quantitative estimate of drug-likeness (QED) is 0.755. The van der Waals surface area contributed by atoms with Crippen LogP contribution < -0.4 is 4.90 Å². The van der Waals surface area contributed by atoms with Crippen LogP contribution in [-0.2, 0) is 19.5 Å². The number of piperazine rings is 1. The second-order valence-corrected chi connectivity index (χ2v) is 9.59. The molecule has 5 rings (SSSR count). The molecule has 1 saturated heterocycles. The first-order valence-electron chi connectivity index (χ1n) is 11.8. The summed E-state index contributed by atoms with van der Waals surface area (Å²) in [6.07, 6.45) is 7.06. The SMILES string of the molecule is CC(C)c1ccc(CN2CCc3c(ncnc3N3CCN(C4CCC4)CC3)C2)cc1. The van der Waals surface area contributed by atoms with Gasteiger partial charge in [-0.05, 0) is 36.3 Å². The molecule has 0 spiro atoms. The van der Waals surface area contributed by atoms with Crippen LogP contribution >= 0.6 is 0 Å². The maximum absolute atomic E-state index is 4.73. The minimum atomic E-state index is 0.589. The molecule has 0 N–H and O–H groups in total. The Morgan fingerprint density at radius 1 is 0.967 bits per heavy atom. The zero-order valence-electron chi connectivity index (χ0n) is 18.6. The second kappa shape index (κ2) is 8.64. The van der Waals surface area contributed by atoms with E-state index in [2.05, 4.69) is 57.8 Å². The summed E-state index contributed by atoms with van der Waals surface area (Å²) in [7, 11) is 0. The molecule has 3 heterocycles. The molecule has 2 fully saturated rings. The average Bonchev–Trinajstić information content (AvgIpc) is 2.73. The number of hydrogen-bond acceptors (Lipinski definition) is 5. The topological polar surface area (TPSA) is 35.5 Å². The van der Waals surface area contributed by atoms with Crippen molar-refractivity contribution in [3.05, 3.63) is 53.0 Å². The second-order valence-electron chi connectivity index (χ2n) is 9.59. The van der Waals surface area contributed by atoms with Gasteiger partial charge in [-0.3, -0.25) is 9.80 Å². The van der Waals surface area contributed by atoms with Crippen molar-refractivity contribution in [2.75, 3.05) is 37.6 Å². The molecule has 1 saturated carbocycles. The molecule has 2 aliphatic heterocycles. The summed E-state index contributed by atoms with van der Waals surface area (Å²) >= 11 is 0. The maximum atomic E-state index is 4.73. The lowest BCUT2D eigenvalue weighted by atomic mass is 9.91. The minimum Gasteiger partial charge on any atom is -0.354 e. The fourth-order valence-corrected chi connectivity index (χ4v) is 5.12. The first-order chi connectivity index (χ1) is 14.7. The zero-order chi connectivity index (χ0) is 20.5. The van der Waals surface area contributed by atoms with Crippen molar-refractivity contribution < 1.29 is 0 Å². The van der Waals surface area contributed by atoms with Gasteiger partial charge in [0.1, 0.15) is 12.1 Å². The Hall–Kier alpha value is -1.98. The highest BCUT2D eigenvalue weighted by Crippen LogP contribution is 2.29. The van der Waals surface area contributed by atoms with E-state index in [0.29, 0.717) is 5.92 Å². The van der Waals surface area contributed by atoms with Gasteiger partial charge in [-0.2, -0.15) is 0 Å². The molecule has 1 aliphatic carbocycles. The van der Waals surface area contributed by atoms with E-state index in [4.69, 9.17) is 4.98 Å². The van der Waals surface area contributed by atoms with Crippen molar-refractivity contribution in [3.8, 4) is 0 Å². The van der Waals surface area contributed by atoms with Crippen LogP contribution in [0.5, 0.6) is 0 Å². The molecule has 0 amide bonds. The number of anilines is 1. The Morgan fingerprint density at radius 2 is 1.73 bits per heavy atom. The van der Waals surface area contributed by atoms with Crippen LogP contribution in [0.25, 0.3) is 0 Å². The highest BCUT2D eigenvalue weighted by Gasteiger charge is 2.30. The summed E-state index contributed by atoms with van der Waals surface area (Å²) in [6.45, 7) is 12.1. The molecule has 5 heteroatoms. The highest BCUT2D eigenvalue weighted by molar-refractivity contribution is 5.50. The molecule has 5 nitrogen and oxygen atoms in total. The summed E-state index contributed by atoms with van der Waals surface area (Å²) in [4.78, 5) is 17.1. The van der Waals surface area contributed by atoms with E-state index in [1.165, 1.54) is 60.6 Å². The lowest BCUT2D eigenvalue weighted by Crippen LogP contribution is -2.52. The van der Waals surface area contributed by atoms with E-state index in [9.17, 15) is 0 Å². The predicted molar refractivity (Wildman–Crippen MR) is 122 cm³/mol. The van der Waals surface area contributed by atoms with E-state index in [0.717, 1.165) is 45.2 Å². The smallest absolute Gasteiger partial charge is 0.135 e. The number of rotatable bonds is 5. The van der Waals surface area contributed by atoms with Crippen molar-refractivity contribution in [2.24, 2.45) is 0 Å². The third-order valence-corrected chi connectivity index (χ3v) is 7.32. The van der Waals surface area contributed by atoms with E-state index >= 15 is 0 Å². The molecule has 1 aromatic heterocycles. The fourth-order valence-electron chi connectivity index (χ4n) is 5.12. The summed E-state index contributed by atoms with van der Waals surface area (Å²) in [5.74, 6) is 1.79. The van der Waals surface area contributed by atoms with E-state index < -0.39 is 0 Å². The van der Waals surface area contributed by atoms with Crippen LogP contribution in [-0.4, -0.2) is 58.5 Å². The zero-order valence-corrected chi connectivity index (χ0v) is 18.6. The Kier molecular flexibility index (Phi) is 5.74. The average molecular weight is 406 g/mol. The first-order valence-corrected chi connectivity index (χ1v) is 11.8. The Morgan fingerprint density at radius 3 is 2.40 bits per heavy atom. The summed E-state index contributed by atoms with van der Waals surface area (Å²) in [6, 6.07) is 9.99. The normalized spacial score (nSPS) is 21.0. The van der Waals surface area contributed by atoms with Gasteiger partial charge in [0.05, 0.1) is 5.69 Å². The van der Waals surface area contributed by atoms with Gasteiger partial charge in [0.25, 0.3) is 0 Å². The number of fused-ring (bicyclic) bond motifs is 1. The highest BCUT2D eigenvalue weighted by atomic mass is 15.3. The largest absolute Gasteiger partial charge is 0.354 e. The summed E-state index contributed by atoms with van der Waals surface area (Å²) in [5, 5.41) is 0. The molecule has 30 heavy (non-hydrogen) atoms. The van der Waals surface area contributed by atoms with Gasteiger partial charge in [0.2, 0.25) is 0 Å². The van der Waals surface area contributed by atoms with Crippen molar-refractivity contribution in [1.29, 1.82) is 0 Å². The number of hydrogen-bond donors (Lipinski definition) is 0. The Labute approximate surface area is 181 Å². The summed E-state index contributed by atoms with van der Waals surface area (Å²) in [5.41, 5.74) is 5.43. The first kappa shape index (κ1) is 20.0. The van der Waals surface area contributed by atoms with Crippen molar-refractivity contribution in [3.63, 3.8) is 0 Å². The molecule has 0 unspecified atom stereocenters. The number of nitrogens with zero attached hydrogens (tertiary/aromatic N) is 5.